The maximum atomic E-state index is 11.1. The minimum atomic E-state index is -0.326. The maximum absolute atomic E-state index is 11.1. The Kier molecular flexibility index (Phi) is 6.69. The summed E-state index contributed by atoms with van der Waals surface area (Å²) < 4.78 is 11.3. The van der Waals surface area contributed by atoms with Crippen LogP contribution in [-0.4, -0.2) is 28.4 Å². The second-order valence-electron chi connectivity index (χ2n) is 5.34. The molecule has 0 bridgehead atoms. The molecular weight excluding hydrogens is 332 g/mol. The predicted octanol–water partition coefficient (Wildman–Crippen LogP) is 2.79. The van der Waals surface area contributed by atoms with Gasteiger partial charge in [-0.25, -0.2) is 9.89 Å². The van der Waals surface area contributed by atoms with E-state index in [1.807, 2.05) is 26.8 Å². The van der Waals surface area contributed by atoms with Crippen LogP contribution in [0.15, 0.2) is 16.9 Å². The fourth-order valence-electron chi connectivity index (χ4n) is 2.15. The molecule has 8 heteroatoms. The summed E-state index contributed by atoms with van der Waals surface area (Å²) in [5, 5.41) is 10.1. The van der Waals surface area contributed by atoms with Crippen LogP contribution in [0.3, 0.4) is 0 Å². The summed E-state index contributed by atoms with van der Waals surface area (Å²) in [6.07, 6.45) is 0.909. The number of H-pyrrole nitrogens is 2. The van der Waals surface area contributed by atoms with E-state index in [0.29, 0.717) is 42.1 Å². The van der Waals surface area contributed by atoms with Gasteiger partial charge in [-0.3, -0.25) is 4.98 Å². The van der Waals surface area contributed by atoms with Crippen LogP contribution in [0.4, 0.5) is 0 Å². The van der Waals surface area contributed by atoms with Crippen LogP contribution < -0.4 is 20.5 Å². The summed E-state index contributed by atoms with van der Waals surface area (Å²) in [6.45, 7) is 7.53. The number of ether oxygens (including phenoxy) is 2. The second-order valence-corrected chi connectivity index (χ2v) is 5.74. The Bertz CT molecular complexity index is 714. The number of rotatable bonds is 9. The van der Waals surface area contributed by atoms with Gasteiger partial charge in [-0.05, 0) is 31.9 Å². The van der Waals surface area contributed by atoms with E-state index in [2.05, 4.69) is 20.5 Å². The molecule has 2 rings (SSSR count). The van der Waals surface area contributed by atoms with E-state index < -0.39 is 0 Å². The Morgan fingerprint density at radius 2 is 2.04 bits per heavy atom. The molecule has 0 aliphatic rings. The molecule has 1 aromatic heterocycles. The van der Waals surface area contributed by atoms with Crippen LogP contribution in [0.2, 0.25) is 5.02 Å². The molecule has 0 radical (unpaired) electrons. The Balaban J connectivity index is 2.11. The van der Waals surface area contributed by atoms with E-state index in [0.717, 1.165) is 12.0 Å². The van der Waals surface area contributed by atoms with Crippen molar-refractivity contribution in [3.63, 3.8) is 0 Å². The molecule has 1 heterocycles. The van der Waals surface area contributed by atoms with Crippen molar-refractivity contribution in [2.45, 2.75) is 39.8 Å². The zero-order valence-electron chi connectivity index (χ0n) is 14.1. The number of aromatic nitrogens is 3. The van der Waals surface area contributed by atoms with Gasteiger partial charge in [0, 0.05) is 17.6 Å². The molecule has 0 aliphatic carbocycles. The maximum Gasteiger partial charge on any atom is 0.340 e. The Hall–Kier alpha value is -1.99. The topological polar surface area (TPSA) is 92.0 Å². The molecule has 1 aromatic carbocycles. The highest BCUT2D eigenvalue weighted by atomic mass is 35.5. The largest absolute Gasteiger partial charge is 0.490 e. The van der Waals surface area contributed by atoms with E-state index in [-0.39, 0.29) is 11.7 Å². The van der Waals surface area contributed by atoms with Crippen molar-refractivity contribution < 1.29 is 9.47 Å². The van der Waals surface area contributed by atoms with Gasteiger partial charge in [0.15, 0.2) is 11.5 Å². The van der Waals surface area contributed by atoms with Crippen molar-refractivity contribution in [3.8, 4) is 11.5 Å². The van der Waals surface area contributed by atoms with E-state index in [1.54, 1.807) is 6.07 Å². The van der Waals surface area contributed by atoms with Gasteiger partial charge in [-0.1, -0.05) is 18.5 Å². The van der Waals surface area contributed by atoms with E-state index in [9.17, 15) is 4.79 Å². The predicted molar refractivity (Wildman–Crippen MR) is 92.9 cm³/mol. The summed E-state index contributed by atoms with van der Waals surface area (Å²) in [4.78, 5) is 13.7. The fraction of sp³-hybridized carbons (Fsp3) is 0.500. The SMILES string of the molecule is CCCOc1cc(Cl)c(CNC(C)c2n[nH]c(=O)[nH]2)cc1OCC. The first kappa shape index (κ1) is 18.4. The average Bonchev–Trinajstić information content (AvgIpc) is 3.00. The van der Waals surface area contributed by atoms with Gasteiger partial charge in [0.2, 0.25) is 0 Å². The molecule has 0 saturated heterocycles. The van der Waals surface area contributed by atoms with Gasteiger partial charge in [0.25, 0.3) is 0 Å². The van der Waals surface area contributed by atoms with Crippen LogP contribution in [0.5, 0.6) is 11.5 Å². The molecule has 0 spiro atoms. The highest BCUT2D eigenvalue weighted by molar-refractivity contribution is 6.31. The third-order valence-corrected chi connectivity index (χ3v) is 3.75. The van der Waals surface area contributed by atoms with Crippen LogP contribution in [-0.2, 0) is 6.54 Å². The zero-order valence-corrected chi connectivity index (χ0v) is 14.9. The summed E-state index contributed by atoms with van der Waals surface area (Å²) in [7, 11) is 0. The number of halogens is 1. The first-order valence-corrected chi connectivity index (χ1v) is 8.38. The molecule has 132 valence electrons. The molecule has 0 fully saturated rings. The lowest BCUT2D eigenvalue weighted by atomic mass is 10.1. The number of nitrogens with one attached hydrogen (secondary N) is 3. The lowest BCUT2D eigenvalue weighted by Crippen LogP contribution is -2.20. The van der Waals surface area contributed by atoms with Gasteiger partial charge in [-0.15, -0.1) is 0 Å². The van der Waals surface area contributed by atoms with E-state index in [1.165, 1.54) is 0 Å². The molecule has 2 aromatic rings. The third kappa shape index (κ3) is 4.75. The van der Waals surface area contributed by atoms with Crippen molar-refractivity contribution in [1.82, 2.24) is 20.5 Å². The minimum Gasteiger partial charge on any atom is -0.490 e. The van der Waals surface area contributed by atoms with Gasteiger partial charge in [0.05, 0.1) is 19.3 Å². The van der Waals surface area contributed by atoms with E-state index >= 15 is 0 Å². The quantitative estimate of drug-likeness (QED) is 0.644. The third-order valence-electron chi connectivity index (χ3n) is 3.40. The molecule has 0 aliphatic heterocycles. The molecule has 3 N–H and O–H groups in total. The smallest absolute Gasteiger partial charge is 0.340 e. The van der Waals surface area contributed by atoms with Gasteiger partial charge in [0.1, 0.15) is 5.82 Å². The molecule has 0 amide bonds. The average molecular weight is 355 g/mol. The summed E-state index contributed by atoms with van der Waals surface area (Å²) in [5.41, 5.74) is 0.557. The number of benzene rings is 1. The van der Waals surface area contributed by atoms with Gasteiger partial charge >= 0.3 is 5.69 Å². The molecular formula is C16H23ClN4O3. The fourth-order valence-corrected chi connectivity index (χ4v) is 2.37. The molecule has 1 unspecified atom stereocenters. The van der Waals surface area contributed by atoms with Crippen LogP contribution >= 0.6 is 11.6 Å². The molecule has 0 saturated carbocycles. The van der Waals surface area contributed by atoms with Crippen molar-refractivity contribution >= 4 is 11.6 Å². The Labute approximate surface area is 145 Å². The number of aromatic amines is 2. The Morgan fingerprint density at radius 1 is 1.29 bits per heavy atom. The van der Waals surface area contributed by atoms with Gasteiger partial charge < -0.3 is 14.8 Å². The first-order valence-electron chi connectivity index (χ1n) is 8.01. The highest BCUT2D eigenvalue weighted by Crippen LogP contribution is 2.34. The minimum absolute atomic E-state index is 0.133. The van der Waals surface area contributed by atoms with E-state index in [4.69, 9.17) is 21.1 Å². The molecule has 24 heavy (non-hydrogen) atoms. The monoisotopic (exact) mass is 354 g/mol. The highest BCUT2D eigenvalue weighted by Gasteiger charge is 2.14. The lowest BCUT2D eigenvalue weighted by molar-refractivity contribution is 0.276. The summed E-state index contributed by atoms with van der Waals surface area (Å²) in [5.74, 6) is 1.87. The van der Waals surface area contributed by atoms with Gasteiger partial charge in [-0.2, -0.15) is 5.10 Å². The number of nitrogens with zero attached hydrogens (tertiary/aromatic N) is 1. The molecule has 1 atom stereocenters. The second kappa shape index (κ2) is 8.75. The normalized spacial score (nSPS) is 12.2. The molecule has 7 nitrogen and oxygen atoms in total. The first-order chi connectivity index (χ1) is 11.5. The van der Waals surface area contributed by atoms with Crippen molar-refractivity contribution in [2.75, 3.05) is 13.2 Å². The van der Waals surface area contributed by atoms with Crippen LogP contribution in [0.1, 0.15) is 44.6 Å². The standard InChI is InChI=1S/C16H23ClN4O3/c1-4-6-24-14-8-12(17)11(7-13(14)23-5-2)9-18-10(3)15-19-16(22)21-20-15/h7-8,10,18H,4-6,9H2,1-3H3,(H2,19,20,21,22). The number of hydrogen-bond donors (Lipinski definition) is 3. The van der Waals surface area contributed by atoms with Crippen molar-refractivity contribution in [2.24, 2.45) is 0 Å². The van der Waals surface area contributed by atoms with Crippen LogP contribution in [0, 0.1) is 0 Å². The van der Waals surface area contributed by atoms with Crippen molar-refractivity contribution in [1.29, 1.82) is 0 Å². The summed E-state index contributed by atoms with van der Waals surface area (Å²) in [6, 6.07) is 3.52. The Morgan fingerprint density at radius 3 is 2.67 bits per heavy atom. The van der Waals surface area contributed by atoms with Crippen molar-refractivity contribution in [3.05, 3.63) is 39.0 Å². The summed E-state index contributed by atoms with van der Waals surface area (Å²) >= 11 is 6.36. The van der Waals surface area contributed by atoms with Crippen LogP contribution in [0.25, 0.3) is 0 Å². The zero-order chi connectivity index (χ0) is 17.5. The number of hydrogen-bond acceptors (Lipinski definition) is 5. The lowest BCUT2D eigenvalue weighted by Gasteiger charge is -2.16.